The van der Waals surface area contributed by atoms with Crippen molar-refractivity contribution >= 4 is 29.3 Å². The summed E-state index contributed by atoms with van der Waals surface area (Å²) in [6.45, 7) is 4.91. The van der Waals surface area contributed by atoms with Gasteiger partial charge in [0, 0.05) is 44.3 Å². The molecule has 1 atom stereocenters. The monoisotopic (exact) mass is 521 g/mol. The first kappa shape index (κ1) is 24.4. The van der Waals surface area contributed by atoms with Gasteiger partial charge in [0.25, 0.3) is 11.8 Å². The maximum atomic E-state index is 15.2. The van der Waals surface area contributed by atoms with Crippen molar-refractivity contribution in [3.63, 3.8) is 0 Å². The van der Waals surface area contributed by atoms with E-state index < -0.39 is 35.5 Å². The zero-order valence-electron chi connectivity index (χ0n) is 21.2. The van der Waals surface area contributed by atoms with Crippen molar-refractivity contribution in [1.29, 1.82) is 0 Å². The van der Waals surface area contributed by atoms with Crippen LogP contribution < -0.4 is 19.7 Å². The van der Waals surface area contributed by atoms with Gasteiger partial charge < -0.3 is 14.4 Å². The molecule has 2 fully saturated rings. The molecule has 4 aliphatic heterocycles. The van der Waals surface area contributed by atoms with Gasteiger partial charge in [-0.15, -0.1) is 0 Å². The van der Waals surface area contributed by atoms with Gasteiger partial charge in [0.15, 0.2) is 11.5 Å². The Morgan fingerprint density at radius 1 is 1.03 bits per heavy atom. The second-order valence-corrected chi connectivity index (χ2v) is 10.9. The number of halogens is 1. The molecule has 1 N–H and O–H groups in total. The molecule has 2 aromatic carbocycles. The molecule has 2 saturated heterocycles. The van der Waals surface area contributed by atoms with E-state index in [2.05, 4.69) is 5.32 Å². The number of benzene rings is 2. The summed E-state index contributed by atoms with van der Waals surface area (Å²) in [5.41, 5.74) is 0.919. The van der Waals surface area contributed by atoms with E-state index in [1.807, 2.05) is 32.0 Å². The first-order valence-electron chi connectivity index (χ1n) is 12.9. The topological polar surface area (TPSA) is 105 Å². The second kappa shape index (κ2) is 8.82. The predicted octanol–water partition coefficient (Wildman–Crippen LogP) is 2.99. The molecule has 4 amide bonds. The maximum absolute atomic E-state index is 15.2. The number of hydrogen-bond acceptors (Lipinski definition) is 7. The normalized spacial score (nSPS) is 22.8. The van der Waals surface area contributed by atoms with E-state index in [1.54, 1.807) is 4.90 Å². The molecule has 0 radical (unpaired) electrons. The van der Waals surface area contributed by atoms with Crippen LogP contribution in [-0.2, 0) is 16.0 Å². The molecule has 198 valence electrons. The first-order chi connectivity index (χ1) is 18.1. The average Bonchev–Trinajstić information content (AvgIpc) is 3.32. The minimum absolute atomic E-state index is 0.0195. The van der Waals surface area contributed by atoms with E-state index in [0.29, 0.717) is 31.7 Å². The van der Waals surface area contributed by atoms with Gasteiger partial charge in [0.2, 0.25) is 11.8 Å². The lowest BCUT2D eigenvalue weighted by atomic mass is 10.0. The third kappa shape index (κ3) is 3.99. The van der Waals surface area contributed by atoms with Crippen LogP contribution in [0.5, 0.6) is 11.5 Å². The van der Waals surface area contributed by atoms with E-state index >= 15 is 4.39 Å². The molecule has 0 bridgehead atoms. The Kier molecular flexibility index (Phi) is 5.66. The highest BCUT2D eigenvalue weighted by molar-refractivity contribution is 6.25. The van der Waals surface area contributed by atoms with Crippen LogP contribution in [0.25, 0.3) is 0 Å². The van der Waals surface area contributed by atoms with Gasteiger partial charge in [-0.3, -0.25) is 29.4 Å². The van der Waals surface area contributed by atoms with Crippen LogP contribution in [0.2, 0.25) is 0 Å². The largest absolute Gasteiger partial charge is 0.486 e. The first-order valence-corrected chi connectivity index (χ1v) is 12.9. The highest BCUT2D eigenvalue weighted by atomic mass is 19.1. The fourth-order valence-corrected chi connectivity index (χ4v) is 5.88. The minimum atomic E-state index is -1.10. The van der Waals surface area contributed by atoms with Crippen molar-refractivity contribution in [2.75, 3.05) is 18.0 Å². The van der Waals surface area contributed by atoms with Crippen LogP contribution in [0.1, 0.15) is 65.8 Å². The molecular weight excluding hydrogens is 493 g/mol. The lowest BCUT2D eigenvalue weighted by Crippen LogP contribution is -2.54. The summed E-state index contributed by atoms with van der Waals surface area (Å²) >= 11 is 0. The van der Waals surface area contributed by atoms with Crippen LogP contribution in [0, 0.1) is 5.82 Å². The highest BCUT2D eigenvalue weighted by Gasteiger charge is 2.47. The van der Waals surface area contributed by atoms with Crippen LogP contribution >= 0.6 is 0 Å². The van der Waals surface area contributed by atoms with Crippen molar-refractivity contribution in [2.45, 2.75) is 63.7 Å². The number of anilines is 1. The quantitative estimate of drug-likeness (QED) is 0.617. The van der Waals surface area contributed by atoms with Crippen molar-refractivity contribution in [2.24, 2.45) is 0 Å². The van der Waals surface area contributed by atoms with Crippen LogP contribution in [0.15, 0.2) is 30.3 Å². The van der Waals surface area contributed by atoms with Crippen molar-refractivity contribution in [1.82, 2.24) is 10.2 Å². The third-order valence-corrected chi connectivity index (χ3v) is 7.64. The Morgan fingerprint density at radius 3 is 2.53 bits per heavy atom. The van der Waals surface area contributed by atoms with E-state index in [1.165, 1.54) is 12.1 Å². The number of nitrogens with zero attached hydrogens (tertiary/aromatic N) is 2. The van der Waals surface area contributed by atoms with E-state index in [4.69, 9.17) is 9.47 Å². The Balaban J connectivity index is 1.20. The summed E-state index contributed by atoms with van der Waals surface area (Å²) in [4.78, 5) is 53.1. The molecule has 10 heteroatoms. The number of imide groups is 2. The summed E-state index contributed by atoms with van der Waals surface area (Å²) in [6.07, 6.45) is 1.90. The Labute approximate surface area is 218 Å². The predicted molar refractivity (Wildman–Crippen MR) is 134 cm³/mol. The molecule has 1 unspecified atom stereocenters. The molecule has 4 aliphatic rings. The van der Waals surface area contributed by atoms with Crippen LogP contribution in [0.4, 0.5) is 10.1 Å². The zero-order chi connectivity index (χ0) is 26.8. The molecular formula is C28H28FN3O6. The van der Waals surface area contributed by atoms with E-state index in [-0.39, 0.29) is 41.4 Å². The standard InChI is InChI=1S/C28H28FN3O6/c1-28(2)14-15-4-3-5-20(24(15)38-28)37-16-10-12-31(13-11-16)23-18(29)7-6-17-22(23)27(36)32(26(17)35)19-8-9-21(33)30-25(19)34/h3-7,16,19H,8-14H2,1-2H3,(H,30,33,34). The van der Waals surface area contributed by atoms with Crippen LogP contribution in [0.3, 0.4) is 0 Å². The third-order valence-electron chi connectivity index (χ3n) is 7.64. The average molecular weight is 522 g/mol. The van der Waals surface area contributed by atoms with Gasteiger partial charge in [0.05, 0.1) is 16.8 Å². The number of carbonyl (C=O) groups excluding carboxylic acids is 4. The highest BCUT2D eigenvalue weighted by Crippen LogP contribution is 2.43. The number of carbonyl (C=O) groups is 4. The lowest BCUT2D eigenvalue weighted by Gasteiger charge is -2.35. The van der Waals surface area contributed by atoms with Gasteiger partial charge in [0.1, 0.15) is 23.6 Å². The van der Waals surface area contributed by atoms with Gasteiger partial charge >= 0.3 is 0 Å². The molecule has 0 saturated carbocycles. The molecule has 38 heavy (non-hydrogen) atoms. The summed E-state index contributed by atoms with van der Waals surface area (Å²) < 4.78 is 27.6. The van der Waals surface area contributed by atoms with Crippen molar-refractivity contribution in [3.05, 3.63) is 52.8 Å². The van der Waals surface area contributed by atoms with Gasteiger partial charge in [-0.2, -0.15) is 0 Å². The number of nitrogens with one attached hydrogen (secondary N) is 1. The molecule has 0 aliphatic carbocycles. The molecule has 4 heterocycles. The number of fused-ring (bicyclic) bond motifs is 2. The second-order valence-electron chi connectivity index (χ2n) is 10.9. The van der Waals surface area contributed by atoms with Gasteiger partial charge in [-0.1, -0.05) is 12.1 Å². The maximum Gasteiger partial charge on any atom is 0.264 e. The van der Waals surface area contributed by atoms with Crippen molar-refractivity contribution in [3.8, 4) is 11.5 Å². The molecule has 0 spiro atoms. The molecule has 6 rings (SSSR count). The zero-order valence-corrected chi connectivity index (χ0v) is 21.2. The Morgan fingerprint density at radius 2 is 1.79 bits per heavy atom. The fraction of sp³-hybridized carbons (Fsp3) is 0.429. The Bertz CT molecular complexity index is 1380. The molecule has 9 nitrogen and oxygen atoms in total. The van der Waals surface area contributed by atoms with Gasteiger partial charge in [-0.25, -0.2) is 4.39 Å². The van der Waals surface area contributed by atoms with Gasteiger partial charge in [-0.05, 0) is 38.5 Å². The lowest BCUT2D eigenvalue weighted by molar-refractivity contribution is -0.136. The number of para-hydroxylation sites is 1. The summed E-state index contributed by atoms with van der Waals surface area (Å²) in [6, 6.07) is 7.25. The SMILES string of the molecule is CC1(C)Cc2cccc(OC3CCN(c4c(F)ccc5c4C(=O)N(C4CCC(=O)NC4=O)C5=O)CC3)c2O1. The van der Waals surface area contributed by atoms with E-state index in [0.717, 1.165) is 22.6 Å². The Hall–Kier alpha value is -3.95. The number of hydrogen-bond donors (Lipinski definition) is 1. The smallest absolute Gasteiger partial charge is 0.264 e. The summed E-state index contributed by atoms with van der Waals surface area (Å²) in [5, 5.41) is 2.18. The number of piperidine rings is 2. The molecule has 2 aromatic rings. The number of rotatable bonds is 4. The summed E-state index contributed by atoms with van der Waals surface area (Å²) in [5.74, 6) is -1.66. The number of amides is 4. The fourth-order valence-electron chi connectivity index (χ4n) is 5.88. The van der Waals surface area contributed by atoms with E-state index in [9.17, 15) is 19.2 Å². The number of ether oxygens (including phenoxy) is 2. The van der Waals surface area contributed by atoms with Crippen LogP contribution in [-0.4, -0.2) is 59.4 Å². The minimum Gasteiger partial charge on any atom is -0.486 e. The summed E-state index contributed by atoms with van der Waals surface area (Å²) in [7, 11) is 0. The van der Waals surface area contributed by atoms with Crippen molar-refractivity contribution < 1.29 is 33.0 Å². The molecule has 0 aromatic heterocycles.